The van der Waals surface area contributed by atoms with Gasteiger partial charge in [0, 0.05) is 24.2 Å². The summed E-state index contributed by atoms with van der Waals surface area (Å²) in [5, 5.41) is 5.37. The van der Waals surface area contributed by atoms with Crippen LogP contribution in [-0.2, 0) is 4.79 Å². The maximum absolute atomic E-state index is 12.3. The van der Waals surface area contributed by atoms with Crippen LogP contribution in [0.3, 0.4) is 0 Å². The van der Waals surface area contributed by atoms with E-state index in [1.54, 1.807) is 37.3 Å². The van der Waals surface area contributed by atoms with Crippen molar-refractivity contribution in [1.82, 2.24) is 10.3 Å². The largest absolute Gasteiger partial charge is 0.441 e. The van der Waals surface area contributed by atoms with Crippen LogP contribution in [0.5, 0.6) is 0 Å². The fourth-order valence-corrected chi connectivity index (χ4v) is 3.03. The molecule has 29 heavy (non-hydrogen) atoms. The molecule has 6 nitrogen and oxygen atoms in total. The Morgan fingerprint density at radius 1 is 0.931 bits per heavy atom. The van der Waals surface area contributed by atoms with Gasteiger partial charge in [0.1, 0.15) is 5.52 Å². The Balaban J connectivity index is 1.34. The molecule has 0 fully saturated rings. The molecule has 0 aliphatic heterocycles. The van der Waals surface area contributed by atoms with Crippen LogP contribution >= 0.6 is 0 Å². The number of amides is 2. The molecular weight excluding hydrogens is 366 g/mol. The van der Waals surface area contributed by atoms with E-state index in [1.165, 1.54) is 0 Å². The van der Waals surface area contributed by atoms with Gasteiger partial charge in [-0.25, -0.2) is 4.98 Å². The lowest BCUT2D eigenvalue weighted by Gasteiger charge is -2.08. The number of oxazole rings is 1. The van der Waals surface area contributed by atoms with Crippen molar-refractivity contribution >= 4 is 28.6 Å². The van der Waals surface area contributed by atoms with Crippen LogP contribution in [0.4, 0.5) is 5.69 Å². The molecule has 1 heterocycles. The third kappa shape index (κ3) is 4.32. The Bertz CT molecular complexity index is 1170. The summed E-state index contributed by atoms with van der Waals surface area (Å²) in [6.07, 6.45) is 0. The van der Waals surface area contributed by atoms with E-state index in [1.807, 2.05) is 42.5 Å². The molecule has 4 rings (SSSR count). The first kappa shape index (κ1) is 18.4. The summed E-state index contributed by atoms with van der Waals surface area (Å²) in [6.45, 7) is 1.63. The number of hydrogen-bond acceptors (Lipinski definition) is 4. The van der Waals surface area contributed by atoms with E-state index < -0.39 is 0 Å². The molecule has 2 N–H and O–H groups in total. The van der Waals surface area contributed by atoms with Crippen molar-refractivity contribution in [2.75, 3.05) is 11.9 Å². The molecule has 3 aromatic carbocycles. The second kappa shape index (κ2) is 7.98. The maximum atomic E-state index is 12.3. The average molecular weight is 385 g/mol. The summed E-state index contributed by atoms with van der Waals surface area (Å²) in [7, 11) is 0. The summed E-state index contributed by atoms with van der Waals surface area (Å²) >= 11 is 0. The highest BCUT2D eigenvalue weighted by Crippen LogP contribution is 2.20. The highest BCUT2D eigenvalue weighted by atomic mass is 16.3. The minimum absolute atomic E-state index is 0.132. The Labute approximate surface area is 167 Å². The Morgan fingerprint density at radius 3 is 2.41 bits per heavy atom. The number of carbonyl (C=O) groups is 2. The molecule has 4 aromatic rings. The van der Waals surface area contributed by atoms with Gasteiger partial charge in [0.25, 0.3) is 5.91 Å². The molecule has 0 aliphatic carbocycles. The van der Waals surface area contributed by atoms with Crippen molar-refractivity contribution in [2.24, 2.45) is 0 Å². The number of aryl methyl sites for hydroxylation is 1. The zero-order chi connectivity index (χ0) is 20.2. The molecule has 2 amide bonds. The van der Waals surface area contributed by atoms with Gasteiger partial charge in [0.2, 0.25) is 5.91 Å². The highest BCUT2D eigenvalue weighted by molar-refractivity contribution is 6.00. The first-order valence-corrected chi connectivity index (χ1v) is 9.19. The van der Waals surface area contributed by atoms with Crippen molar-refractivity contribution < 1.29 is 14.0 Å². The van der Waals surface area contributed by atoms with E-state index in [0.717, 1.165) is 16.6 Å². The third-order valence-electron chi connectivity index (χ3n) is 4.44. The molecule has 144 valence electrons. The van der Waals surface area contributed by atoms with Gasteiger partial charge >= 0.3 is 0 Å². The number of fused-ring (bicyclic) bond motifs is 1. The fraction of sp³-hybridized carbons (Fsp3) is 0.0870. The van der Waals surface area contributed by atoms with Crippen molar-refractivity contribution in [3.05, 3.63) is 84.3 Å². The summed E-state index contributed by atoms with van der Waals surface area (Å²) in [6, 6.07) is 22.4. The molecule has 0 spiro atoms. The number of aromatic nitrogens is 1. The molecule has 6 heteroatoms. The molecule has 0 unspecified atom stereocenters. The maximum Gasteiger partial charge on any atom is 0.251 e. The summed E-state index contributed by atoms with van der Waals surface area (Å²) in [5.41, 5.74) is 4.52. The number of benzene rings is 3. The summed E-state index contributed by atoms with van der Waals surface area (Å²) < 4.78 is 5.46. The number of hydrogen-bond donors (Lipinski definition) is 2. The molecule has 0 saturated heterocycles. The first-order chi connectivity index (χ1) is 14.1. The Kier molecular flexibility index (Phi) is 5.07. The SMILES string of the molecule is Cc1nc2ccc(NC(=O)CNC(=O)c3ccc(-c4ccccc4)cc3)cc2o1. The van der Waals surface area contributed by atoms with Crippen LogP contribution in [0.1, 0.15) is 16.2 Å². The quantitative estimate of drug-likeness (QED) is 0.540. The predicted octanol–water partition coefficient (Wildman–Crippen LogP) is 4.17. The summed E-state index contributed by atoms with van der Waals surface area (Å²) in [5.74, 6) is -0.0649. The zero-order valence-electron chi connectivity index (χ0n) is 15.8. The molecule has 1 aromatic heterocycles. The number of anilines is 1. The Hall–Kier alpha value is -3.93. The lowest BCUT2D eigenvalue weighted by atomic mass is 10.0. The van der Waals surface area contributed by atoms with E-state index >= 15 is 0 Å². The standard InChI is InChI=1S/C23H19N3O3/c1-15-25-20-12-11-19(13-21(20)29-15)26-22(27)14-24-23(28)18-9-7-17(8-10-18)16-5-3-2-4-6-16/h2-13H,14H2,1H3,(H,24,28)(H,26,27). The number of nitrogens with zero attached hydrogens (tertiary/aromatic N) is 1. The number of carbonyl (C=O) groups excluding carboxylic acids is 2. The molecular formula is C23H19N3O3. The monoisotopic (exact) mass is 385 g/mol. The van der Waals surface area contributed by atoms with Crippen LogP contribution in [0.2, 0.25) is 0 Å². The van der Waals surface area contributed by atoms with Gasteiger partial charge in [-0.1, -0.05) is 42.5 Å². The second-order valence-corrected chi connectivity index (χ2v) is 6.59. The molecule has 0 aliphatic rings. The first-order valence-electron chi connectivity index (χ1n) is 9.19. The van der Waals surface area contributed by atoms with Crippen molar-refractivity contribution in [3.8, 4) is 11.1 Å². The zero-order valence-corrected chi connectivity index (χ0v) is 15.8. The topological polar surface area (TPSA) is 84.2 Å². The van der Waals surface area contributed by atoms with Gasteiger partial charge < -0.3 is 15.1 Å². The molecule has 0 saturated carbocycles. The van der Waals surface area contributed by atoms with Gasteiger partial charge in [-0.15, -0.1) is 0 Å². The van der Waals surface area contributed by atoms with Gasteiger partial charge in [0.15, 0.2) is 11.5 Å². The van der Waals surface area contributed by atoms with Crippen molar-refractivity contribution in [1.29, 1.82) is 0 Å². The highest BCUT2D eigenvalue weighted by Gasteiger charge is 2.10. The normalized spacial score (nSPS) is 10.7. The lowest BCUT2D eigenvalue weighted by Crippen LogP contribution is -2.32. The van der Waals surface area contributed by atoms with Crippen LogP contribution in [0.15, 0.2) is 77.2 Å². The van der Waals surface area contributed by atoms with Crippen LogP contribution in [0, 0.1) is 6.92 Å². The van der Waals surface area contributed by atoms with Crippen LogP contribution in [-0.4, -0.2) is 23.3 Å². The van der Waals surface area contributed by atoms with Crippen LogP contribution < -0.4 is 10.6 Å². The van der Waals surface area contributed by atoms with E-state index in [2.05, 4.69) is 15.6 Å². The van der Waals surface area contributed by atoms with Gasteiger partial charge in [-0.2, -0.15) is 0 Å². The van der Waals surface area contributed by atoms with E-state index in [9.17, 15) is 9.59 Å². The predicted molar refractivity (Wildman–Crippen MR) is 112 cm³/mol. The van der Waals surface area contributed by atoms with Gasteiger partial charge in [-0.05, 0) is 35.4 Å². The second-order valence-electron chi connectivity index (χ2n) is 6.59. The Morgan fingerprint density at radius 2 is 1.66 bits per heavy atom. The van der Waals surface area contributed by atoms with Gasteiger partial charge in [-0.3, -0.25) is 9.59 Å². The molecule has 0 atom stereocenters. The van der Waals surface area contributed by atoms with E-state index in [-0.39, 0.29) is 18.4 Å². The summed E-state index contributed by atoms with van der Waals surface area (Å²) in [4.78, 5) is 28.7. The molecule has 0 bridgehead atoms. The van der Waals surface area contributed by atoms with E-state index in [4.69, 9.17) is 4.42 Å². The average Bonchev–Trinajstić information content (AvgIpc) is 3.12. The minimum Gasteiger partial charge on any atom is -0.441 e. The number of nitrogens with one attached hydrogen (secondary N) is 2. The van der Waals surface area contributed by atoms with Gasteiger partial charge in [0.05, 0.1) is 6.54 Å². The third-order valence-corrected chi connectivity index (χ3v) is 4.44. The lowest BCUT2D eigenvalue weighted by molar-refractivity contribution is -0.115. The van der Waals surface area contributed by atoms with Crippen LogP contribution in [0.25, 0.3) is 22.2 Å². The fourth-order valence-electron chi connectivity index (χ4n) is 3.03. The number of rotatable bonds is 5. The minimum atomic E-state index is -0.324. The van der Waals surface area contributed by atoms with Crippen molar-refractivity contribution in [3.63, 3.8) is 0 Å². The smallest absolute Gasteiger partial charge is 0.251 e. The van der Waals surface area contributed by atoms with E-state index in [0.29, 0.717) is 22.7 Å². The van der Waals surface area contributed by atoms with Crippen molar-refractivity contribution in [2.45, 2.75) is 6.92 Å². The molecule has 0 radical (unpaired) electrons.